The van der Waals surface area contributed by atoms with Crippen molar-refractivity contribution in [3.05, 3.63) is 16.6 Å². The molecule has 104 valence electrons. The van der Waals surface area contributed by atoms with E-state index in [-0.39, 0.29) is 5.91 Å². The Kier molecular flexibility index (Phi) is 3.89. The zero-order valence-corrected chi connectivity index (χ0v) is 11.9. The maximum Gasteiger partial charge on any atom is 0.329 e. The molecule has 0 unspecified atom stereocenters. The molecule has 0 aromatic carbocycles. The summed E-state index contributed by atoms with van der Waals surface area (Å²) >= 11 is 1.21. The van der Waals surface area contributed by atoms with Gasteiger partial charge >= 0.3 is 5.97 Å². The molecule has 6 heteroatoms. The zero-order valence-electron chi connectivity index (χ0n) is 11.1. The van der Waals surface area contributed by atoms with E-state index in [0.29, 0.717) is 30.0 Å². The van der Waals surface area contributed by atoms with Crippen LogP contribution in [0.15, 0.2) is 5.38 Å². The van der Waals surface area contributed by atoms with Gasteiger partial charge in [0, 0.05) is 5.38 Å². The van der Waals surface area contributed by atoms with Crippen molar-refractivity contribution in [3.63, 3.8) is 0 Å². The molecule has 0 bridgehead atoms. The highest BCUT2D eigenvalue weighted by atomic mass is 32.1. The van der Waals surface area contributed by atoms with Gasteiger partial charge in [0.1, 0.15) is 5.54 Å². The summed E-state index contributed by atoms with van der Waals surface area (Å²) in [6, 6.07) is 0. The molecule has 1 aliphatic carbocycles. The number of rotatable bonds is 3. The summed E-state index contributed by atoms with van der Waals surface area (Å²) in [7, 11) is 0. The first-order valence-corrected chi connectivity index (χ1v) is 7.25. The Bertz CT molecular complexity index is 490. The second kappa shape index (κ2) is 5.28. The smallest absolute Gasteiger partial charge is 0.329 e. The fraction of sp³-hybridized carbons (Fsp3) is 0.615. The van der Waals surface area contributed by atoms with Gasteiger partial charge in [-0.3, -0.25) is 4.79 Å². The number of carbonyl (C=O) groups is 2. The minimum Gasteiger partial charge on any atom is -0.480 e. The van der Waals surface area contributed by atoms with Crippen LogP contribution in [0.2, 0.25) is 0 Å². The van der Waals surface area contributed by atoms with Gasteiger partial charge in [0.25, 0.3) is 5.91 Å². The molecule has 1 heterocycles. The molecular formula is C13H18N2O3S. The number of aliphatic carboxylic acids is 1. The lowest BCUT2D eigenvalue weighted by molar-refractivity contribution is -0.146. The lowest BCUT2D eigenvalue weighted by Gasteiger charge is -2.36. The van der Waals surface area contributed by atoms with E-state index in [4.69, 9.17) is 0 Å². The van der Waals surface area contributed by atoms with Gasteiger partial charge in [-0.1, -0.05) is 6.92 Å². The molecule has 0 saturated heterocycles. The number of carbonyl (C=O) groups excluding carboxylic acids is 1. The maximum atomic E-state index is 12.2. The van der Waals surface area contributed by atoms with Crippen molar-refractivity contribution < 1.29 is 14.7 Å². The fourth-order valence-electron chi connectivity index (χ4n) is 2.44. The third-order valence-electron chi connectivity index (χ3n) is 3.88. The Balaban J connectivity index is 2.16. The van der Waals surface area contributed by atoms with Crippen LogP contribution in [-0.2, 0) is 4.79 Å². The highest BCUT2D eigenvalue weighted by Crippen LogP contribution is 2.32. The Hall–Kier alpha value is -1.43. The number of hydrogen-bond acceptors (Lipinski definition) is 4. The third-order valence-corrected chi connectivity index (χ3v) is 4.61. The summed E-state index contributed by atoms with van der Waals surface area (Å²) in [5.41, 5.74) is 0.00860. The van der Waals surface area contributed by atoms with Crippen molar-refractivity contribution in [2.24, 2.45) is 5.92 Å². The normalized spacial score (nSPS) is 26.9. The summed E-state index contributed by atoms with van der Waals surface area (Å²) in [4.78, 5) is 23.7. The Morgan fingerprint density at radius 2 is 2.11 bits per heavy atom. The van der Waals surface area contributed by atoms with Crippen LogP contribution in [0.4, 0.5) is 0 Å². The van der Waals surface area contributed by atoms with Crippen LogP contribution >= 0.6 is 11.5 Å². The Morgan fingerprint density at radius 3 is 2.58 bits per heavy atom. The maximum absolute atomic E-state index is 12.2. The predicted molar refractivity (Wildman–Crippen MR) is 72.3 cm³/mol. The molecule has 1 saturated carbocycles. The standard InChI is InChI=1S/C13H18N2O3S/c1-8-3-5-13(6-4-8,12(17)18)14-11(16)10-7-19-15-9(10)2/h7-8H,3-6H2,1-2H3,(H,14,16)(H,17,18). The van der Waals surface area contributed by atoms with Crippen LogP contribution in [0.1, 0.15) is 48.7 Å². The molecule has 0 spiro atoms. The van der Waals surface area contributed by atoms with Gasteiger partial charge in [0.2, 0.25) is 0 Å². The topological polar surface area (TPSA) is 79.3 Å². The van der Waals surface area contributed by atoms with Crippen molar-refractivity contribution in [3.8, 4) is 0 Å². The van der Waals surface area contributed by atoms with Gasteiger partial charge in [-0.05, 0) is 50.1 Å². The molecule has 0 atom stereocenters. The quantitative estimate of drug-likeness (QED) is 0.891. The Morgan fingerprint density at radius 1 is 1.47 bits per heavy atom. The minimum atomic E-state index is -1.11. The lowest BCUT2D eigenvalue weighted by Crippen LogP contribution is -2.56. The van der Waals surface area contributed by atoms with E-state index >= 15 is 0 Å². The van der Waals surface area contributed by atoms with Crippen molar-refractivity contribution in [1.82, 2.24) is 9.69 Å². The van der Waals surface area contributed by atoms with Gasteiger partial charge in [-0.15, -0.1) is 0 Å². The summed E-state index contributed by atoms with van der Waals surface area (Å²) in [5, 5.41) is 13.8. The van der Waals surface area contributed by atoms with E-state index in [1.54, 1.807) is 12.3 Å². The minimum absolute atomic E-state index is 0.330. The molecule has 0 radical (unpaired) electrons. The van der Waals surface area contributed by atoms with Crippen LogP contribution in [0, 0.1) is 12.8 Å². The van der Waals surface area contributed by atoms with Crippen LogP contribution in [0.25, 0.3) is 0 Å². The molecule has 1 fully saturated rings. The van der Waals surface area contributed by atoms with E-state index < -0.39 is 11.5 Å². The first kappa shape index (κ1) is 14.0. The van der Waals surface area contributed by atoms with Gasteiger partial charge in [-0.2, -0.15) is 4.37 Å². The fourth-order valence-corrected chi connectivity index (χ4v) is 3.13. The average molecular weight is 282 g/mol. The number of nitrogens with zero attached hydrogens (tertiary/aromatic N) is 1. The van der Waals surface area contributed by atoms with Crippen molar-refractivity contribution in [1.29, 1.82) is 0 Å². The third kappa shape index (κ3) is 2.78. The van der Waals surface area contributed by atoms with Crippen molar-refractivity contribution >= 4 is 23.4 Å². The molecule has 2 N–H and O–H groups in total. The van der Waals surface area contributed by atoms with Gasteiger partial charge in [0.15, 0.2) is 0 Å². The molecule has 0 aliphatic heterocycles. The van der Waals surface area contributed by atoms with Gasteiger partial charge in [-0.25, -0.2) is 4.79 Å². The monoisotopic (exact) mass is 282 g/mol. The van der Waals surface area contributed by atoms with Crippen molar-refractivity contribution in [2.45, 2.75) is 45.1 Å². The van der Waals surface area contributed by atoms with Crippen LogP contribution < -0.4 is 5.32 Å². The first-order valence-electron chi connectivity index (χ1n) is 6.41. The van der Waals surface area contributed by atoms with E-state index in [1.165, 1.54) is 11.5 Å². The molecule has 1 amide bonds. The summed E-state index contributed by atoms with van der Waals surface area (Å²) in [5.74, 6) is -0.745. The average Bonchev–Trinajstić information content (AvgIpc) is 2.78. The zero-order chi connectivity index (χ0) is 14.0. The van der Waals surface area contributed by atoms with Gasteiger partial charge in [0.05, 0.1) is 11.3 Å². The Labute approximate surface area is 116 Å². The predicted octanol–water partition coefficient (Wildman–Crippen LogP) is 2.21. The van der Waals surface area contributed by atoms with Crippen molar-refractivity contribution in [2.75, 3.05) is 0 Å². The second-order valence-electron chi connectivity index (χ2n) is 5.34. The highest BCUT2D eigenvalue weighted by molar-refractivity contribution is 7.03. The number of nitrogens with one attached hydrogen (secondary N) is 1. The van der Waals surface area contributed by atoms with Gasteiger partial charge < -0.3 is 10.4 Å². The largest absolute Gasteiger partial charge is 0.480 e. The van der Waals surface area contributed by atoms with E-state index in [2.05, 4.69) is 16.6 Å². The second-order valence-corrected chi connectivity index (χ2v) is 5.97. The van der Waals surface area contributed by atoms with E-state index in [1.807, 2.05) is 0 Å². The number of aryl methyl sites for hydroxylation is 1. The molecule has 1 aromatic rings. The molecule has 1 aliphatic rings. The molecule has 1 aromatic heterocycles. The van der Waals surface area contributed by atoms with E-state index in [9.17, 15) is 14.7 Å². The molecular weight excluding hydrogens is 264 g/mol. The van der Waals surface area contributed by atoms with Crippen LogP contribution in [0.5, 0.6) is 0 Å². The molecule has 2 rings (SSSR count). The number of carboxylic acids is 1. The lowest BCUT2D eigenvalue weighted by atomic mass is 9.77. The highest BCUT2D eigenvalue weighted by Gasteiger charge is 2.42. The summed E-state index contributed by atoms with van der Waals surface area (Å²) < 4.78 is 4.04. The first-order chi connectivity index (χ1) is 8.94. The molecule has 5 nitrogen and oxygen atoms in total. The number of amides is 1. The van der Waals surface area contributed by atoms with E-state index in [0.717, 1.165) is 12.8 Å². The molecule has 19 heavy (non-hydrogen) atoms. The summed E-state index contributed by atoms with van der Waals surface area (Å²) in [6.45, 7) is 3.86. The SMILES string of the molecule is Cc1nscc1C(=O)NC1(C(=O)O)CCC(C)CC1. The summed E-state index contributed by atoms with van der Waals surface area (Å²) in [6.07, 6.45) is 2.64. The number of aromatic nitrogens is 1. The number of hydrogen-bond donors (Lipinski definition) is 2. The van der Waals surface area contributed by atoms with Crippen LogP contribution in [0.3, 0.4) is 0 Å². The van der Waals surface area contributed by atoms with Crippen LogP contribution in [-0.4, -0.2) is 26.9 Å². The number of carboxylic acid groups (broad SMARTS) is 1.